The lowest BCUT2D eigenvalue weighted by Crippen LogP contribution is -2.48. The van der Waals surface area contributed by atoms with Crippen LogP contribution < -0.4 is 5.73 Å². The van der Waals surface area contributed by atoms with Crippen LogP contribution in [-0.2, 0) is 24.3 Å². The van der Waals surface area contributed by atoms with Gasteiger partial charge in [-0.05, 0) is 36.6 Å². The van der Waals surface area contributed by atoms with Gasteiger partial charge in [-0.1, -0.05) is 42.5 Å². The van der Waals surface area contributed by atoms with E-state index < -0.39 is 0 Å². The van der Waals surface area contributed by atoms with Crippen LogP contribution in [0, 0.1) is 6.92 Å². The normalized spacial score (nSPS) is 17.0. The van der Waals surface area contributed by atoms with Gasteiger partial charge in [-0.15, -0.1) is 0 Å². The van der Waals surface area contributed by atoms with E-state index in [4.69, 9.17) is 5.73 Å². The maximum Gasteiger partial charge on any atom is 0.235 e. The molecule has 1 aliphatic rings. The van der Waals surface area contributed by atoms with Gasteiger partial charge in [0.1, 0.15) is 5.82 Å². The summed E-state index contributed by atoms with van der Waals surface area (Å²) < 4.78 is 2.14. The number of benzene rings is 2. The van der Waals surface area contributed by atoms with Gasteiger partial charge in [-0.25, -0.2) is 4.98 Å². The summed E-state index contributed by atoms with van der Waals surface area (Å²) in [6.07, 6.45) is 2.55. The van der Waals surface area contributed by atoms with Gasteiger partial charge in [0.25, 0.3) is 0 Å². The molecule has 2 heterocycles. The summed E-state index contributed by atoms with van der Waals surface area (Å²) in [6.45, 7) is 3.33. The molecule has 4 rings (SSSR count). The molecule has 2 aromatic carbocycles. The first-order chi connectivity index (χ1) is 12.6. The van der Waals surface area contributed by atoms with Crippen LogP contribution in [0.25, 0.3) is 5.69 Å². The summed E-state index contributed by atoms with van der Waals surface area (Å²) in [4.78, 5) is 18.7. The Hall–Kier alpha value is -2.92. The van der Waals surface area contributed by atoms with Crippen LogP contribution in [0.1, 0.15) is 22.6 Å². The first-order valence-corrected chi connectivity index (χ1v) is 8.82. The third kappa shape index (κ3) is 3.02. The Kier molecular flexibility index (Phi) is 4.31. The number of carbonyl (C=O) groups is 1. The topological polar surface area (TPSA) is 64.2 Å². The highest BCUT2D eigenvalue weighted by Crippen LogP contribution is 2.26. The third-order valence-electron chi connectivity index (χ3n) is 5.06. The van der Waals surface area contributed by atoms with Gasteiger partial charge in [0.15, 0.2) is 0 Å². The van der Waals surface area contributed by atoms with Crippen molar-refractivity contribution >= 4 is 5.91 Å². The van der Waals surface area contributed by atoms with Crippen molar-refractivity contribution in [2.45, 2.75) is 32.5 Å². The minimum atomic E-state index is -0.302. The Morgan fingerprint density at radius 2 is 1.81 bits per heavy atom. The number of carbonyl (C=O) groups excluding carboxylic acids is 1. The molecule has 0 saturated carbocycles. The van der Waals surface area contributed by atoms with Crippen molar-refractivity contribution in [3.05, 3.63) is 83.4 Å². The molecule has 1 unspecified atom stereocenters. The van der Waals surface area contributed by atoms with E-state index >= 15 is 0 Å². The molecule has 1 amide bonds. The first-order valence-electron chi connectivity index (χ1n) is 8.82. The molecule has 0 radical (unpaired) electrons. The summed E-state index contributed by atoms with van der Waals surface area (Å²) >= 11 is 0. The zero-order chi connectivity index (χ0) is 18.1. The van der Waals surface area contributed by atoms with E-state index in [2.05, 4.69) is 38.7 Å². The number of para-hydroxylation sites is 1. The average Bonchev–Trinajstić information content (AvgIpc) is 3.02. The number of imidazole rings is 1. The molecule has 1 atom stereocenters. The molecule has 132 valence electrons. The van der Waals surface area contributed by atoms with Crippen molar-refractivity contribution in [2.75, 3.05) is 0 Å². The molecule has 0 fully saturated rings. The van der Waals surface area contributed by atoms with Crippen LogP contribution in [0.15, 0.2) is 60.8 Å². The zero-order valence-electron chi connectivity index (χ0n) is 14.8. The van der Waals surface area contributed by atoms with E-state index in [1.54, 1.807) is 0 Å². The Labute approximate surface area is 153 Å². The van der Waals surface area contributed by atoms with Gasteiger partial charge in [-0.3, -0.25) is 14.3 Å². The minimum Gasteiger partial charge on any atom is -0.368 e. The van der Waals surface area contributed by atoms with Crippen molar-refractivity contribution < 1.29 is 4.79 Å². The molecule has 1 aromatic heterocycles. The van der Waals surface area contributed by atoms with E-state index in [1.165, 1.54) is 11.1 Å². The van der Waals surface area contributed by atoms with Crippen molar-refractivity contribution in [1.82, 2.24) is 14.5 Å². The fourth-order valence-electron chi connectivity index (χ4n) is 3.76. The van der Waals surface area contributed by atoms with Crippen LogP contribution in [0.4, 0.5) is 0 Å². The van der Waals surface area contributed by atoms with Gasteiger partial charge >= 0.3 is 0 Å². The lowest BCUT2D eigenvalue weighted by molar-refractivity contribution is -0.124. The number of amides is 1. The molecule has 0 bridgehead atoms. The summed E-state index contributed by atoms with van der Waals surface area (Å²) in [7, 11) is 0. The number of hydrogen-bond donors (Lipinski definition) is 1. The minimum absolute atomic E-state index is 0.276. The lowest BCUT2D eigenvalue weighted by atomic mass is 9.93. The summed E-state index contributed by atoms with van der Waals surface area (Å²) in [5.41, 5.74) is 10.3. The maximum atomic E-state index is 12.1. The van der Waals surface area contributed by atoms with Gasteiger partial charge in [-0.2, -0.15) is 0 Å². The Morgan fingerprint density at radius 3 is 2.54 bits per heavy atom. The average molecular weight is 346 g/mol. The van der Waals surface area contributed by atoms with Crippen LogP contribution in [0.5, 0.6) is 0 Å². The van der Waals surface area contributed by atoms with E-state index in [-0.39, 0.29) is 11.9 Å². The number of primary amides is 1. The fourth-order valence-corrected chi connectivity index (χ4v) is 3.76. The monoisotopic (exact) mass is 346 g/mol. The molecule has 5 nitrogen and oxygen atoms in total. The van der Waals surface area contributed by atoms with Crippen LogP contribution in [-0.4, -0.2) is 26.4 Å². The predicted molar refractivity (Wildman–Crippen MR) is 101 cm³/mol. The van der Waals surface area contributed by atoms with Gasteiger partial charge < -0.3 is 5.73 Å². The molecular formula is C21H22N4O. The van der Waals surface area contributed by atoms with Gasteiger partial charge in [0, 0.05) is 18.8 Å². The van der Waals surface area contributed by atoms with E-state index in [0.29, 0.717) is 19.5 Å². The van der Waals surface area contributed by atoms with Crippen molar-refractivity contribution in [3.63, 3.8) is 0 Å². The smallest absolute Gasteiger partial charge is 0.235 e. The largest absolute Gasteiger partial charge is 0.368 e. The highest BCUT2D eigenvalue weighted by molar-refractivity contribution is 5.80. The van der Waals surface area contributed by atoms with Crippen molar-refractivity contribution in [2.24, 2.45) is 5.73 Å². The van der Waals surface area contributed by atoms with E-state index in [0.717, 1.165) is 17.2 Å². The van der Waals surface area contributed by atoms with Crippen LogP contribution >= 0.6 is 0 Å². The number of aryl methyl sites for hydroxylation is 1. The molecule has 3 aromatic rings. The van der Waals surface area contributed by atoms with Gasteiger partial charge in [0.2, 0.25) is 5.91 Å². The maximum absolute atomic E-state index is 12.1. The van der Waals surface area contributed by atoms with Crippen LogP contribution in [0.3, 0.4) is 0 Å². The second kappa shape index (κ2) is 6.77. The second-order valence-electron chi connectivity index (χ2n) is 6.76. The summed E-state index contributed by atoms with van der Waals surface area (Å²) in [6, 6.07) is 18.1. The Bertz CT molecular complexity index is 932. The molecule has 0 spiro atoms. The number of rotatable bonds is 4. The van der Waals surface area contributed by atoms with E-state index in [9.17, 15) is 4.79 Å². The predicted octanol–water partition coefficient (Wildman–Crippen LogP) is 2.59. The molecule has 2 N–H and O–H groups in total. The second-order valence-corrected chi connectivity index (χ2v) is 6.76. The fraction of sp³-hybridized carbons (Fsp3) is 0.238. The van der Waals surface area contributed by atoms with Crippen LogP contribution in [0.2, 0.25) is 0 Å². The zero-order valence-corrected chi connectivity index (χ0v) is 14.8. The number of fused-ring (bicyclic) bond motifs is 1. The molecule has 1 aliphatic heterocycles. The van der Waals surface area contributed by atoms with Crippen molar-refractivity contribution in [3.8, 4) is 5.69 Å². The third-order valence-corrected chi connectivity index (χ3v) is 5.06. The van der Waals surface area contributed by atoms with E-state index in [1.807, 2.05) is 43.5 Å². The molecule has 26 heavy (non-hydrogen) atoms. The molecular weight excluding hydrogens is 324 g/mol. The lowest BCUT2D eigenvalue weighted by Gasteiger charge is -2.35. The quantitative estimate of drug-likeness (QED) is 0.790. The number of nitrogens with two attached hydrogens (primary N) is 1. The number of nitrogens with zero attached hydrogens (tertiary/aromatic N) is 3. The summed E-state index contributed by atoms with van der Waals surface area (Å²) in [5.74, 6) is 0.654. The molecule has 0 saturated heterocycles. The number of hydrogen-bond acceptors (Lipinski definition) is 3. The first kappa shape index (κ1) is 16.5. The standard InChI is InChI=1S/C21H22N4O/c1-15-23-12-19(25(15)18-9-3-2-4-10-18)14-24-13-17-8-6-5-7-16(17)11-20(24)21(22)26/h2-10,12,20H,11,13-14H2,1H3,(H2,22,26). The SMILES string of the molecule is Cc1ncc(CN2Cc3ccccc3CC2C(N)=O)n1-c1ccccc1. The highest BCUT2D eigenvalue weighted by atomic mass is 16.1. The summed E-state index contributed by atoms with van der Waals surface area (Å²) in [5, 5.41) is 0. The van der Waals surface area contributed by atoms with Gasteiger partial charge in [0.05, 0.1) is 17.9 Å². The Morgan fingerprint density at radius 1 is 1.12 bits per heavy atom. The molecule has 0 aliphatic carbocycles. The highest BCUT2D eigenvalue weighted by Gasteiger charge is 2.30. The Balaban J connectivity index is 1.68. The number of aromatic nitrogens is 2. The van der Waals surface area contributed by atoms with Crippen molar-refractivity contribution in [1.29, 1.82) is 0 Å². The molecule has 5 heteroatoms.